The third-order valence-electron chi connectivity index (χ3n) is 3.56. The van der Waals surface area contributed by atoms with Crippen LogP contribution >= 0.6 is 0 Å². The first-order valence-electron chi connectivity index (χ1n) is 6.27. The molecule has 3 rings (SSSR count). The summed E-state index contributed by atoms with van der Waals surface area (Å²) in [6.07, 6.45) is 1.36. The zero-order valence-corrected chi connectivity index (χ0v) is 10.9. The summed E-state index contributed by atoms with van der Waals surface area (Å²) < 4.78 is 0. The predicted octanol–water partition coefficient (Wildman–Crippen LogP) is 2.80. The van der Waals surface area contributed by atoms with Crippen molar-refractivity contribution in [1.29, 1.82) is 0 Å². The normalized spacial score (nSPS) is 12.6. The zero-order valence-electron chi connectivity index (χ0n) is 10.9. The molecule has 4 nitrogen and oxygen atoms in total. The Morgan fingerprint density at radius 3 is 2.14 bits per heavy atom. The van der Waals surface area contributed by atoms with Gasteiger partial charge >= 0.3 is 5.97 Å². The van der Waals surface area contributed by atoms with Crippen molar-refractivity contribution < 1.29 is 19.5 Å². The van der Waals surface area contributed by atoms with Gasteiger partial charge in [0.25, 0.3) is 0 Å². The first-order chi connectivity index (χ1) is 10.1. The van der Waals surface area contributed by atoms with Gasteiger partial charge in [-0.1, -0.05) is 43.0 Å². The van der Waals surface area contributed by atoms with E-state index in [1.165, 1.54) is 24.3 Å². The van der Waals surface area contributed by atoms with Gasteiger partial charge in [-0.25, -0.2) is 4.79 Å². The summed E-state index contributed by atoms with van der Waals surface area (Å²) in [5.41, 5.74) is 0.763. The Balaban J connectivity index is 2.41. The van der Waals surface area contributed by atoms with Gasteiger partial charge in [0.15, 0.2) is 11.6 Å². The van der Waals surface area contributed by atoms with Gasteiger partial charge in [-0.3, -0.25) is 9.59 Å². The molecule has 2 aromatic rings. The third-order valence-corrected chi connectivity index (χ3v) is 3.56. The number of fused-ring (bicyclic) bond motifs is 2. The number of hydrogen-bond acceptors (Lipinski definition) is 3. The van der Waals surface area contributed by atoms with Gasteiger partial charge in [-0.15, -0.1) is 0 Å². The molecule has 0 aromatic heterocycles. The summed E-state index contributed by atoms with van der Waals surface area (Å²) in [5, 5.41) is 9.39. The fraction of sp³-hybridized carbons (Fsp3) is 0. The summed E-state index contributed by atoms with van der Waals surface area (Å²) >= 11 is 0. The number of benzene rings is 2. The van der Waals surface area contributed by atoms with Gasteiger partial charge in [0.1, 0.15) is 0 Å². The number of aromatic carboxylic acids is 1. The Morgan fingerprint density at radius 2 is 1.57 bits per heavy atom. The fourth-order valence-corrected chi connectivity index (χ4v) is 2.60. The predicted molar refractivity (Wildman–Crippen MR) is 76.8 cm³/mol. The Morgan fingerprint density at radius 1 is 0.952 bits per heavy atom. The van der Waals surface area contributed by atoms with Gasteiger partial charge in [-0.05, 0) is 11.6 Å². The maximum atomic E-state index is 12.6. The largest absolute Gasteiger partial charge is 0.478 e. The quantitative estimate of drug-likeness (QED) is 0.782. The van der Waals surface area contributed by atoms with Crippen LogP contribution in [0.3, 0.4) is 0 Å². The minimum Gasteiger partial charge on any atom is -0.478 e. The summed E-state index contributed by atoms with van der Waals surface area (Å²) in [5.74, 6) is -2.03. The van der Waals surface area contributed by atoms with Crippen LogP contribution in [0.15, 0.2) is 43.0 Å². The molecule has 4 heteroatoms. The van der Waals surface area contributed by atoms with E-state index < -0.39 is 11.8 Å². The van der Waals surface area contributed by atoms with Crippen LogP contribution in [0.2, 0.25) is 0 Å². The van der Waals surface area contributed by atoms with Crippen LogP contribution in [0, 0.1) is 0 Å². The van der Waals surface area contributed by atoms with Crippen LogP contribution in [0.25, 0.3) is 6.08 Å². The zero-order chi connectivity index (χ0) is 15.1. The summed E-state index contributed by atoms with van der Waals surface area (Å²) in [4.78, 5) is 36.6. The van der Waals surface area contributed by atoms with E-state index in [2.05, 4.69) is 6.58 Å². The van der Waals surface area contributed by atoms with Crippen LogP contribution < -0.4 is 0 Å². The lowest BCUT2D eigenvalue weighted by molar-refractivity contribution is 0.0692. The molecule has 0 radical (unpaired) electrons. The smallest absolute Gasteiger partial charge is 0.337 e. The van der Waals surface area contributed by atoms with E-state index in [0.29, 0.717) is 11.1 Å². The van der Waals surface area contributed by atoms with E-state index in [4.69, 9.17) is 0 Å². The lowest BCUT2D eigenvalue weighted by atomic mass is 9.80. The van der Waals surface area contributed by atoms with Crippen LogP contribution in [0.5, 0.6) is 0 Å². The average Bonchev–Trinajstić information content (AvgIpc) is 2.51. The molecule has 0 fully saturated rings. The van der Waals surface area contributed by atoms with Crippen molar-refractivity contribution in [2.45, 2.75) is 0 Å². The van der Waals surface area contributed by atoms with E-state index in [1.54, 1.807) is 18.2 Å². The monoisotopic (exact) mass is 278 g/mol. The number of ketones is 2. The Labute approximate surface area is 120 Å². The summed E-state index contributed by atoms with van der Waals surface area (Å²) in [7, 11) is 0. The topological polar surface area (TPSA) is 71.4 Å². The molecule has 0 saturated carbocycles. The molecule has 102 valence electrons. The van der Waals surface area contributed by atoms with Crippen LogP contribution in [0.1, 0.15) is 47.8 Å². The molecule has 1 aliphatic carbocycles. The number of hydrogen-bond donors (Lipinski definition) is 1. The number of carbonyl (C=O) groups is 3. The molecule has 0 spiro atoms. The number of carboxylic acid groups (broad SMARTS) is 1. The first-order valence-corrected chi connectivity index (χ1v) is 6.27. The molecule has 0 saturated heterocycles. The lowest BCUT2D eigenvalue weighted by Gasteiger charge is -2.19. The second-order valence-corrected chi connectivity index (χ2v) is 4.67. The van der Waals surface area contributed by atoms with Crippen molar-refractivity contribution in [2.75, 3.05) is 0 Å². The van der Waals surface area contributed by atoms with Crippen molar-refractivity contribution in [3.63, 3.8) is 0 Å². The summed E-state index contributed by atoms with van der Waals surface area (Å²) in [6.45, 7) is 3.55. The molecule has 0 heterocycles. The number of carbonyl (C=O) groups excluding carboxylic acids is 2. The highest BCUT2D eigenvalue weighted by molar-refractivity contribution is 6.30. The highest BCUT2D eigenvalue weighted by Gasteiger charge is 2.33. The third kappa shape index (κ3) is 1.73. The Hall–Kier alpha value is -3.01. The second-order valence-electron chi connectivity index (χ2n) is 4.67. The van der Waals surface area contributed by atoms with Crippen LogP contribution in [0.4, 0.5) is 0 Å². The number of rotatable bonds is 2. The maximum absolute atomic E-state index is 12.6. The molecule has 0 amide bonds. The highest BCUT2D eigenvalue weighted by atomic mass is 16.4. The fourth-order valence-electron chi connectivity index (χ4n) is 2.60. The van der Waals surface area contributed by atoms with Gasteiger partial charge < -0.3 is 5.11 Å². The Bertz CT molecular complexity index is 831. The van der Waals surface area contributed by atoms with Gasteiger partial charge in [0.2, 0.25) is 0 Å². The van der Waals surface area contributed by atoms with E-state index >= 15 is 0 Å². The standard InChI is InChI=1S/C17H10O4/c1-2-9-7-8-12-14(13(9)17(20)21)16(19)11-6-4-3-5-10(11)15(12)18/h2-8H,1H2,(H,20,21). The van der Waals surface area contributed by atoms with Crippen molar-refractivity contribution in [3.05, 3.63) is 76.4 Å². The molecule has 0 atom stereocenters. The van der Waals surface area contributed by atoms with Crippen LogP contribution in [-0.2, 0) is 0 Å². The number of carboxylic acids is 1. The Kier molecular flexibility index (Phi) is 2.80. The van der Waals surface area contributed by atoms with Crippen molar-refractivity contribution in [3.8, 4) is 0 Å². The summed E-state index contributed by atoms with van der Waals surface area (Å²) in [6, 6.07) is 9.40. The first kappa shape index (κ1) is 13.0. The maximum Gasteiger partial charge on any atom is 0.337 e. The van der Waals surface area contributed by atoms with Gasteiger partial charge in [0, 0.05) is 22.3 Å². The second kappa shape index (κ2) is 4.52. The van der Waals surface area contributed by atoms with E-state index in [-0.39, 0.29) is 28.0 Å². The molecular formula is C17H10O4. The highest BCUT2D eigenvalue weighted by Crippen LogP contribution is 2.31. The SMILES string of the molecule is C=Cc1ccc2c(c1C(=O)O)C(=O)c1ccccc1C2=O. The molecule has 21 heavy (non-hydrogen) atoms. The molecular weight excluding hydrogens is 268 g/mol. The van der Waals surface area contributed by atoms with Crippen molar-refractivity contribution >= 4 is 23.6 Å². The minimum atomic E-state index is -1.25. The van der Waals surface area contributed by atoms with Gasteiger partial charge in [0.05, 0.1) is 5.56 Å². The van der Waals surface area contributed by atoms with E-state index in [9.17, 15) is 19.5 Å². The molecule has 1 aliphatic rings. The van der Waals surface area contributed by atoms with E-state index in [1.807, 2.05) is 0 Å². The van der Waals surface area contributed by atoms with Crippen LogP contribution in [-0.4, -0.2) is 22.6 Å². The minimum absolute atomic E-state index is 0.0522. The molecule has 0 bridgehead atoms. The lowest BCUT2D eigenvalue weighted by Crippen LogP contribution is -2.24. The average molecular weight is 278 g/mol. The van der Waals surface area contributed by atoms with Crippen molar-refractivity contribution in [2.24, 2.45) is 0 Å². The van der Waals surface area contributed by atoms with Crippen molar-refractivity contribution in [1.82, 2.24) is 0 Å². The molecule has 1 N–H and O–H groups in total. The van der Waals surface area contributed by atoms with Gasteiger partial charge in [-0.2, -0.15) is 0 Å². The van der Waals surface area contributed by atoms with E-state index in [0.717, 1.165) is 0 Å². The molecule has 2 aromatic carbocycles. The molecule has 0 unspecified atom stereocenters. The molecule has 0 aliphatic heterocycles.